The second-order valence-corrected chi connectivity index (χ2v) is 5.30. The highest BCUT2D eigenvalue weighted by atomic mass is 79.9. The van der Waals surface area contributed by atoms with E-state index in [1.54, 1.807) is 42.5 Å². The molecule has 5 heteroatoms. The number of anilines is 1. The highest BCUT2D eigenvalue weighted by Crippen LogP contribution is 2.25. The van der Waals surface area contributed by atoms with Crippen molar-refractivity contribution in [3.8, 4) is 5.75 Å². The van der Waals surface area contributed by atoms with Crippen LogP contribution in [0, 0.1) is 0 Å². The quantitative estimate of drug-likeness (QED) is 0.860. The standard InChI is InChI=1S/C15H13BrClNO2/c1-2-20-12-6-3-10(4-7-12)15(19)18-11-5-8-14(17)13(16)9-11/h3-9H,2H2,1H3,(H,18,19). The van der Waals surface area contributed by atoms with E-state index in [0.29, 0.717) is 22.9 Å². The van der Waals surface area contributed by atoms with Gasteiger partial charge in [-0.3, -0.25) is 4.79 Å². The molecule has 0 radical (unpaired) electrons. The van der Waals surface area contributed by atoms with Crippen molar-refractivity contribution in [3.05, 3.63) is 57.5 Å². The summed E-state index contributed by atoms with van der Waals surface area (Å²) >= 11 is 9.23. The van der Waals surface area contributed by atoms with Crippen molar-refractivity contribution in [2.24, 2.45) is 0 Å². The van der Waals surface area contributed by atoms with E-state index in [-0.39, 0.29) is 5.91 Å². The summed E-state index contributed by atoms with van der Waals surface area (Å²) < 4.78 is 6.07. The molecule has 0 fully saturated rings. The van der Waals surface area contributed by atoms with E-state index < -0.39 is 0 Å². The van der Waals surface area contributed by atoms with Crippen LogP contribution in [0.3, 0.4) is 0 Å². The summed E-state index contributed by atoms with van der Waals surface area (Å²) in [5.41, 5.74) is 1.25. The van der Waals surface area contributed by atoms with Gasteiger partial charge >= 0.3 is 0 Å². The topological polar surface area (TPSA) is 38.3 Å². The third kappa shape index (κ3) is 3.74. The normalized spacial score (nSPS) is 10.2. The van der Waals surface area contributed by atoms with Crippen LogP contribution >= 0.6 is 27.5 Å². The average molecular weight is 355 g/mol. The molecule has 0 aliphatic heterocycles. The van der Waals surface area contributed by atoms with Crippen LogP contribution in [0.1, 0.15) is 17.3 Å². The maximum absolute atomic E-state index is 12.1. The summed E-state index contributed by atoms with van der Waals surface area (Å²) in [5.74, 6) is 0.570. The van der Waals surface area contributed by atoms with Crippen molar-refractivity contribution < 1.29 is 9.53 Å². The number of hydrogen-bond donors (Lipinski definition) is 1. The fourth-order valence-electron chi connectivity index (χ4n) is 1.65. The SMILES string of the molecule is CCOc1ccc(C(=O)Nc2ccc(Cl)c(Br)c2)cc1. The zero-order valence-corrected chi connectivity index (χ0v) is 13.2. The Hall–Kier alpha value is -1.52. The number of benzene rings is 2. The van der Waals surface area contributed by atoms with Crippen LogP contribution in [0.2, 0.25) is 5.02 Å². The first-order valence-electron chi connectivity index (χ1n) is 6.09. The van der Waals surface area contributed by atoms with E-state index in [9.17, 15) is 4.79 Å². The molecule has 1 amide bonds. The summed E-state index contributed by atoms with van der Waals surface area (Å²) in [6, 6.07) is 12.2. The van der Waals surface area contributed by atoms with Crippen LogP contribution in [-0.4, -0.2) is 12.5 Å². The van der Waals surface area contributed by atoms with Crippen LogP contribution in [0.25, 0.3) is 0 Å². The van der Waals surface area contributed by atoms with Gasteiger partial charge in [0.15, 0.2) is 0 Å². The second kappa shape index (κ2) is 6.77. The van der Waals surface area contributed by atoms with Crippen molar-refractivity contribution in [1.82, 2.24) is 0 Å². The highest BCUT2D eigenvalue weighted by molar-refractivity contribution is 9.10. The zero-order valence-electron chi connectivity index (χ0n) is 10.8. The second-order valence-electron chi connectivity index (χ2n) is 4.04. The predicted octanol–water partition coefficient (Wildman–Crippen LogP) is 4.75. The van der Waals surface area contributed by atoms with Crippen LogP contribution < -0.4 is 10.1 Å². The molecule has 2 aromatic rings. The van der Waals surface area contributed by atoms with Crippen molar-refractivity contribution in [2.45, 2.75) is 6.92 Å². The van der Waals surface area contributed by atoms with E-state index in [0.717, 1.165) is 10.2 Å². The van der Waals surface area contributed by atoms with Crippen molar-refractivity contribution in [3.63, 3.8) is 0 Å². The molecule has 0 atom stereocenters. The van der Waals surface area contributed by atoms with Crippen molar-refractivity contribution in [2.75, 3.05) is 11.9 Å². The van der Waals surface area contributed by atoms with Gasteiger partial charge in [0.2, 0.25) is 0 Å². The minimum atomic E-state index is -0.178. The van der Waals surface area contributed by atoms with Gasteiger partial charge < -0.3 is 10.1 Å². The molecule has 0 aliphatic carbocycles. The first-order chi connectivity index (χ1) is 9.60. The smallest absolute Gasteiger partial charge is 0.255 e. The third-order valence-electron chi connectivity index (χ3n) is 2.60. The number of nitrogens with one attached hydrogen (secondary N) is 1. The monoisotopic (exact) mass is 353 g/mol. The van der Waals surface area contributed by atoms with Gasteiger partial charge in [0.05, 0.1) is 11.6 Å². The molecule has 0 saturated heterocycles. The molecule has 0 bridgehead atoms. The molecule has 2 aromatic carbocycles. The lowest BCUT2D eigenvalue weighted by atomic mass is 10.2. The third-order valence-corrected chi connectivity index (χ3v) is 3.82. The number of carbonyl (C=O) groups is 1. The van der Waals surface area contributed by atoms with Crippen molar-refractivity contribution >= 4 is 39.1 Å². The zero-order chi connectivity index (χ0) is 14.5. The summed E-state index contributed by atoms with van der Waals surface area (Å²) in [7, 11) is 0. The highest BCUT2D eigenvalue weighted by Gasteiger charge is 2.07. The summed E-state index contributed by atoms with van der Waals surface area (Å²) in [4.78, 5) is 12.1. The molecule has 104 valence electrons. The largest absolute Gasteiger partial charge is 0.494 e. The van der Waals surface area contributed by atoms with Gasteiger partial charge in [-0.2, -0.15) is 0 Å². The Morgan fingerprint density at radius 3 is 2.55 bits per heavy atom. The minimum Gasteiger partial charge on any atom is -0.494 e. The molecule has 1 N–H and O–H groups in total. The molecule has 0 saturated carbocycles. The van der Waals surface area contributed by atoms with Crippen LogP contribution in [0.4, 0.5) is 5.69 Å². The van der Waals surface area contributed by atoms with Crippen molar-refractivity contribution in [1.29, 1.82) is 0 Å². The van der Waals surface area contributed by atoms with Gasteiger partial charge in [0.1, 0.15) is 5.75 Å². The Kier molecular flexibility index (Phi) is 5.04. The fourth-order valence-corrected chi connectivity index (χ4v) is 2.14. The number of rotatable bonds is 4. The lowest BCUT2D eigenvalue weighted by Gasteiger charge is -2.07. The van der Waals surface area contributed by atoms with Gasteiger partial charge in [-0.15, -0.1) is 0 Å². The van der Waals surface area contributed by atoms with E-state index in [1.165, 1.54) is 0 Å². The number of ether oxygens (including phenoxy) is 1. The molecule has 0 unspecified atom stereocenters. The van der Waals surface area contributed by atoms with Gasteiger partial charge in [-0.05, 0) is 65.3 Å². The fraction of sp³-hybridized carbons (Fsp3) is 0.133. The molecule has 0 aliphatic rings. The number of halogens is 2. The van der Waals surface area contributed by atoms with Gasteiger partial charge in [0.25, 0.3) is 5.91 Å². The molecular weight excluding hydrogens is 342 g/mol. The molecule has 0 aromatic heterocycles. The van der Waals surface area contributed by atoms with E-state index >= 15 is 0 Å². The Morgan fingerprint density at radius 2 is 1.95 bits per heavy atom. The van der Waals surface area contributed by atoms with Gasteiger partial charge in [0, 0.05) is 15.7 Å². The summed E-state index contributed by atoms with van der Waals surface area (Å²) in [6.07, 6.45) is 0. The average Bonchev–Trinajstić information content (AvgIpc) is 2.44. The first kappa shape index (κ1) is 14.9. The molecule has 20 heavy (non-hydrogen) atoms. The Labute approximate surface area is 131 Å². The van der Waals surface area contributed by atoms with Crippen LogP contribution in [-0.2, 0) is 0 Å². The summed E-state index contributed by atoms with van der Waals surface area (Å²) in [6.45, 7) is 2.52. The minimum absolute atomic E-state index is 0.178. The Morgan fingerprint density at radius 1 is 1.25 bits per heavy atom. The Bertz CT molecular complexity index is 614. The molecular formula is C15H13BrClNO2. The maximum Gasteiger partial charge on any atom is 0.255 e. The first-order valence-corrected chi connectivity index (χ1v) is 7.26. The van der Waals surface area contributed by atoms with E-state index in [1.807, 2.05) is 6.92 Å². The van der Waals surface area contributed by atoms with Crippen LogP contribution in [0.5, 0.6) is 5.75 Å². The molecule has 0 heterocycles. The van der Waals surface area contributed by atoms with E-state index in [2.05, 4.69) is 21.2 Å². The maximum atomic E-state index is 12.1. The van der Waals surface area contributed by atoms with Gasteiger partial charge in [-0.25, -0.2) is 0 Å². The predicted molar refractivity (Wildman–Crippen MR) is 84.7 cm³/mol. The number of amides is 1. The molecule has 2 rings (SSSR count). The summed E-state index contributed by atoms with van der Waals surface area (Å²) in [5, 5.41) is 3.41. The molecule has 0 spiro atoms. The Balaban J connectivity index is 2.09. The van der Waals surface area contributed by atoms with Gasteiger partial charge in [-0.1, -0.05) is 11.6 Å². The number of hydrogen-bond acceptors (Lipinski definition) is 2. The van der Waals surface area contributed by atoms with E-state index in [4.69, 9.17) is 16.3 Å². The van der Waals surface area contributed by atoms with Crippen LogP contribution in [0.15, 0.2) is 46.9 Å². The molecule has 3 nitrogen and oxygen atoms in total. The lowest BCUT2D eigenvalue weighted by molar-refractivity contribution is 0.102. The lowest BCUT2D eigenvalue weighted by Crippen LogP contribution is -2.11. The number of carbonyl (C=O) groups excluding carboxylic acids is 1.